The van der Waals surface area contributed by atoms with Crippen LogP contribution in [0.15, 0.2) is 64.9 Å². The van der Waals surface area contributed by atoms with Gasteiger partial charge in [-0.1, -0.05) is 18.2 Å². The lowest BCUT2D eigenvalue weighted by atomic mass is 10.2. The van der Waals surface area contributed by atoms with Gasteiger partial charge >= 0.3 is 0 Å². The number of sulfone groups is 1. The first kappa shape index (κ1) is 22.8. The highest BCUT2D eigenvalue weighted by molar-refractivity contribution is 7.91. The maximum atomic E-state index is 13.6. The summed E-state index contributed by atoms with van der Waals surface area (Å²) in [6, 6.07) is 14.0. The molecule has 0 saturated heterocycles. The molecule has 1 N–H and O–H groups in total. The zero-order valence-electron chi connectivity index (χ0n) is 17.0. The van der Waals surface area contributed by atoms with Gasteiger partial charge in [0.05, 0.1) is 12.0 Å². The number of benzene rings is 2. The van der Waals surface area contributed by atoms with E-state index in [4.69, 9.17) is 9.47 Å². The highest BCUT2D eigenvalue weighted by Gasteiger charge is 2.31. The van der Waals surface area contributed by atoms with Crippen molar-refractivity contribution in [3.05, 3.63) is 76.2 Å². The fourth-order valence-electron chi connectivity index (χ4n) is 2.94. The van der Waals surface area contributed by atoms with Crippen molar-refractivity contribution in [3.8, 4) is 11.5 Å². The Morgan fingerprint density at radius 2 is 1.87 bits per heavy atom. The third kappa shape index (κ3) is 5.42. The molecule has 31 heavy (non-hydrogen) atoms. The van der Waals surface area contributed by atoms with Gasteiger partial charge in [-0.05, 0) is 54.3 Å². The van der Waals surface area contributed by atoms with Gasteiger partial charge in [-0.3, -0.25) is 4.79 Å². The molecule has 0 bridgehead atoms. The SMILES string of the molecule is COc1ccccc1OCC(=O)NC[C@H](c1cccs1)S(=O)(=O)c1ccc(F)c(C)c1. The Labute approximate surface area is 184 Å². The molecule has 2 aromatic carbocycles. The number of ether oxygens (including phenoxy) is 2. The number of halogens is 1. The molecule has 164 valence electrons. The van der Waals surface area contributed by atoms with Gasteiger partial charge in [0.15, 0.2) is 27.9 Å². The van der Waals surface area contributed by atoms with Crippen LogP contribution in [0.4, 0.5) is 4.39 Å². The molecule has 0 saturated carbocycles. The quantitative estimate of drug-likeness (QED) is 0.487. The molecule has 0 aliphatic carbocycles. The maximum Gasteiger partial charge on any atom is 0.257 e. The van der Waals surface area contributed by atoms with Gasteiger partial charge in [0, 0.05) is 11.4 Å². The number of hydrogen-bond donors (Lipinski definition) is 1. The summed E-state index contributed by atoms with van der Waals surface area (Å²) in [6.45, 7) is 1.06. The van der Waals surface area contributed by atoms with Crippen LogP contribution < -0.4 is 14.8 Å². The van der Waals surface area contributed by atoms with Crippen molar-refractivity contribution in [2.45, 2.75) is 17.1 Å². The van der Waals surface area contributed by atoms with Crippen LogP contribution in [0, 0.1) is 12.7 Å². The number of carbonyl (C=O) groups is 1. The monoisotopic (exact) mass is 463 g/mol. The molecule has 9 heteroatoms. The number of hydrogen-bond acceptors (Lipinski definition) is 6. The van der Waals surface area contributed by atoms with Crippen LogP contribution in [0.1, 0.15) is 15.7 Å². The summed E-state index contributed by atoms with van der Waals surface area (Å²) >= 11 is 1.27. The Morgan fingerprint density at radius 1 is 1.13 bits per heavy atom. The molecule has 1 atom stereocenters. The van der Waals surface area contributed by atoms with Gasteiger partial charge in [-0.15, -0.1) is 11.3 Å². The highest BCUT2D eigenvalue weighted by Crippen LogP contribution is 2.32. The van der Waals surface area contributed by atoms with Gasteiger partial charge in [0.25, 0.3) is 5.91 Å². The molecule has 6 nitrogen and oxygen atoms in total. The minimum atomic E-state index is -3.87. The summed E-state index contributed by atoms with van der Waals surface area (Å²) in [6.07, 6.45) is 0. The fourth-order valence-corrected chi connectivity index (χ4v) is 5.80. The van der Waals surface area contributed by atoms with Crippen LogP contribution in [0.2, 0.25) is 0 Å². The Morgan fingerprint density at radius 3 is 2.52 bits per heavy atom. The third-order valence-corrected chi connectivity index (χ3v) is 7.82. The Bertz CT molecular complexity index is 1150. The standard InChI is InChI=1S/C22H22FNO5S2/c1-15-12-16(9-10-17(15)23)31(26,27)21(20-8-5-11-30-20)13-24-22(25)14-29-19-7-4-3-6-18(19)28-2/h3-12,21H,13-14H2,1-2H3,(H,24,25)/t21-/m1/s1. The number of amides is 1. The van der Waals surface area contributed by atoms with Crippen LogP contribution in [-0.2, 0) is 14.6 Å². The number of para-hydroxylation sites is 2. The number of rotatable bonds is 9. The van der Waals surface area contributed by atoms with Crippen molar-refractivity contribution < 1.29 is 27.1 Å². The smallest absolute Gasteiger partial charge is 0.257 e. The van der Waals surface area contributed by atoms with E-state index in [2.05, 4.69) is 5.32 Å². The second-order valence-corrected chi connectivity index (χ2v) is 9.81. The lowest BCUT2D eigenvalue weighted by molar-refractivity contribution is -0.123. The summed E-state index contributed by atoms with van der Waals surface area (Å²) in [5.41, 5.74) is 0.236. The number of carbonyl (C=O) groups excluding carboxylic acids is 1. The largest absolute Gasteiger partial charge is 0.493 e. The highest BCUT2D eigenvalue weighted by atomic mass is 32.2. The maximum absolute atomic E-state index is 13.6. The molecule has 3 aromatic rings. The molecule has 0 unspecified atom stereocenters. The lowest BCUT2D eigenvalue weighted by Crippen LogP contribution is -2.34. The molecule has 3 rings (SSSR count). The van der Waals surface area contributed by atoms with Crippen molar-refractivity contribution in [1.82, 2.24) is 5.32 Å². The Balaban J connectivity index is 1.73. The molecule has 0 radical (unpaired) electrons. The molecule has 0 fully saturated rings. The summed E-state index contributed by atoms with van der Waals surface area (Å²) in [7, 11) is -2.37. The predicted octanol–water partition coefficient (Wildman–Crippen LogP) is 3.91. The zero-order valence-corrected chi connectivity index (χ0v) is 18.6. The van der Waals surface area contributed by atoms with Crippen molar-refractivity contribution in [2.24, 2.45) is 0 Å². The summed E-state index contributed by atoms with van der Waals surface area (Å²) in [4.78, 5) is 12.9. The van der Waals surface area contributed by atoms with Crippen LogP contribution in [0.5, 0.6) is 11.5 Å². The van der Waals surface area contributed by atoms with E-state index in [-0.39, 0.29) is 23.6 Å². The normalized spacial score (nSPS) is 12.2. The van der Waals surface area contributed by atoms with E-state index in [1.54, 1.807) is 41.8 Å². The molecule has 0 spiro atoms. The number of aryl methyl sites for hydroxylation is 1. The van der Waals surface area contributed by atoms with Crippen molar-refractivity contribution >= 4 is 27.1 Å². The van der Waals surface area contributed by atoms with Gasteiger partial charge < -0.3 is 14.8 Å². The number of thiophene rings is 1. The van der Waals surface area contributed by atoms with E-state index in [1.807, 2.05) is 0 Å². The van der Waals surface area contributed by atoms with Gasteiger partial charge in [0.1, 0.15) is 11.1 Å². The van der Waals surface area contributed by atoms with E-state index < -0.39 is 26.8 Å². The van der Waals surface area contributed by atoms with Crippen LogP contribution in [-0.4, -0.2) is 34.6 Å². The first-order chi connectivity index (χ1) is 14.8. The van der Waals surface area contributed by atoms with E-state index in [0.29, 0.717) is 16.4 Å². The van der Waals surface area contributed by atoms with E-state index in [0.717, 1.165) is 6.07 Å². The number of methoxy groups -OCH3 is 1. The molecular weight excluding hydrogens is 441 g/mol. The molecule has 1 amide bonds. The average molecular weight is 464 g/mol. The van der Waals surface area contributed by atoms with Gasteiger partial charge in [0.2, 0.25) is 0 Å². The summed E-state index contributed by atoms with van der Waals surface area (Å²) in [5.74, 6) is -0.0586. The average Bonchev–Trinajstić information content (AvgIpc) is 3.28. The topological polar surface area (TPSA) is 81.7 Å². The Hall–Kier alpha value is -2.91. The minimum absolute atomic E-state index is 0.00400. The van der Waals surface area contributed by atoms with E-state index in [1.165, 1.54) is 37.5 Å². The Kier molecular flexibility index (Phi) is 7.29. The lowest BCUT2D eigenvalue weighted by Gasteiger charge is -2.18. The second-order valence-electron chi connectivity index (χ2n) is 6.70. The first-order valence-corrected chi connectivity index (χ1v) is 11.8. The van der Waals surface area contributed by atoms with Crippen LogP contribution >= 0.6 is 11.3 Å². The summed E-state index contributed by atoms with van der Waals surface area (Å²) in [5, 5.41) is 3.39. The minimum Gasteiger partial charge on any atom is -0.493 e. The predicted molar refractivity (Wildman–Crippen MR) is 117 cm³/mol. The van der Waals surface area contributed by atoms with Gasteiger partial charge in [-0.2, -0.15) is 0 Å². The first-order valence-electron chi connectivity index (χ1n) is 9.39. The second kappa shape index (κ2) is 9.93. The summed E-state index contributed by atoms with van der Waals surface area (Å²) < 4.78 is 50.8. The van der Waals surface area contributed by atoms with Crippen LogP contribution in [0.25, 0.3) is 0 Å². The molecule has 1 aromatic heterocycles. The van der Waals surface area contributed by atoms with E-state index >= 15 is 0 Å². The van der Waals surface area contributed by atoms with Crippen molar-refractivity contribution in [2.75, 3.05) is 20.3 Å². The molecular formula is C22H22FNO5S2. The molecule has 1 heterocycles. The third-order valence-electron chi connectivity index (χ3n) is 4.61. The van der Waals surface area contributed by atoms with Gasteiger partial charge in [-0.25, -0.2) is 12.8 Å². The molecule has 0 aliphatic heterocycles. The molecule has 0 aliphatic rings. The van der Waals surface area contributed by atoms with Crippen molar-refractivity contribution in [1.29, 1.82) is 0 Å². The van der Waals surface area contributed by atoms with Crippen LogP contribution in [0.3, 0.4) is 0 Å². The van der Waals surface area contributed by atoms with E-state index in [9.17, 15) is 17.6 Å². The fraction of sp³-hybridized carbons (Fsp3) is 0.227. The van der Waals surface area contributed by atoms with Crippen molar-refractivity contribution in [3.63, 3.8) is 0 Å². The number of nitrogens with one attached hydrogen (secondary N) is 1. The zero-order chi connectivity index (χ0) is 22.4.